The van der Waals surface area contributed by atoms with Crippen molar-refractivity contribution in [2.45, 2.75) is 111 Å². The molecule has 1 fully saturated rings. The number of carbonyl (C=O) groups is 1. The second kappa shape index (κ2) is 16.2. The van der Waals surface area contributed by atoms with Crippen molar-refractivity contribution < 1.29 is 32.2 Å². The molecule has 0 radical (unpaired) electrons. The molecule has 1 heterocycles. The molecule has 252 valence electrons. The van der Waals surface area contributed by atoms with Gasteiger partial charge < -0.3 is 14.4 Å². The number of nitrogens with zero attached hydrogens (tertiary/aromatic N) is 1. The fraction of sp³-hybridized carbons (Fsp3) is 0.541. The highest BCUT2D eigenvalue weighted by Crippen LogP contribution is 2.40. The van der Waals surface area contributed by atoms with Crippen molar-refractivity contribution in [2.75, 3.05) is 0 Å². The Bertz CT molecular complexity index is 1460. The number of aromatic nitrogens is 1. The quantitative estimate of drug-likeness (QED) is 0.146. The lowest BCUT2D eigenvalue weighted by Crippen LogP contribution is -2.22. The molecule has 1 aliphatic carbocycles. The Morgan fingerprint density at radius 1 is 1.09 bits per heavy atom. The van der Waals surface area contributed by atoms with Crippen LogP contribution in [0.5, 0.6) is 5.75 Å². The molecule has 1 aromatic heterocycles. The Hall–Kier alpha value is -3.00. The molecule has 1 saturated carbocycles. The van der Waals surface area contributed by atoms with E-state index in [1.807, 2.05) is 13.0 Å². The molecule has 2 unspecified atom stereocenters. The van der Waals surface area contributed by atoms with Crippen molar-refractivity contribution in [1.82, 2.24) is 4.57 Å². The lowest BCUT2D eigenvalue weighted by Gasteiger charge is -2.34. The van der Waals surface area contributed by atoms with Gasteiger partial charge in [0, 0.05) is 18.3 Å². The van der Waals surface area contributed by atoms with Gasteiger partial charge in [-0.1, -0.05) is 76.5 Å². The lowest BCUT2D eigenvalue weighted by molar-refractivity contribution is -0.139. The van der Waals surface area contributed by atoms with Gasteiger partial charge in [-0.05, 0) is 97.4 Å². The molecule has 2 atom stereocenters. The minimum absolute atomic E-state index is 0.0149. The number of carboxylic acids is 1. The Balaban J connectivity index is 1.66. The number of halogens is 5. The maximum absolute atomic E-state index is 14.3. The average molecular weight is 664 g/mol. The van der Waals surface area contributed by atoms with E-state index in [0.29, 0.717) is 30.4 Å². The predicted molar refractivity (Wildman–Crippen MR) is 174 cm³/mol. The molecule has 0 bridgehead atoms. The second-order valence-electron chi connectivity index (χ2n) is 12.8. The molecule has 0 aliphatic heterocycles. The smallest absolute Gasteiger partial charge is 0.418 e. The van der Waals surface area contributed by atoms with Crippen LogP contribution in [0.4, 0.5) is 17.6 Å². The summed E-state index contributed by atoms with van der Waals surface area (Å²) in [6.45, 7) is 6.03. The van der Waals surface area contributed by atoms with Gasteiger partial charge in [-0.15, -0.1) is 0 Å². The number of aryl methyl sites for hydroxylation is 1. The van der Waals surface area contributed by atoms with Gasteiger partial charge in [0.1, 0.15) is 18.2 Å². The highest BCUT2D eigenvalue weighted by atomic mass is 35.5. The third kappa shape index (κ3) is 9.08. The third-order valence-corrected chi connectivity index (χ3v) is 10.2. The number of carboxylic acid groups (broad SMARTS) is 1. The summed E-state index contributed by atoms with van der Waals surface area (Å²) in [7, 11) is 0. The van der Waals surface area contributed by atoms with Gasteiger partial charge in [0.05, 0.1) is 16.3 Å². The molecule has 1 aliphatic rings. The zero-order chi connectivity index (χ0) is 33.4. The summed E-state index contributed by atoms with van der Waals surface area (Å²) in [4.78, 5) is 11.4. The van der Waals surface area contributed by atoms with Gasteiger partial charge in [0.2, 0.25) is 0 Å². The van der Waals surface area contributed by atoms with Crippen molar-refractivity contribution in [3.05, 3.63) is 81.4 Å². The summed E-state index contributed by atoms with van der Waals surface area (Å²) in [5.74, 6) is 0.817. The first-order chi connectivity index (χ1) is 21.9. The van der Waals surface area contributed by atoms with Gasteiger partial charge in [-0.25, -0.2) is 4.39 Å². The zero-order valence-corrected chi connectivity index (χ0v) is 27.8. The minimum atomic E-state index is -4.64. The van der Waals surface area contributed by atoms with Gasteiger partial charge in [0.25, 0.3) is 0 Å². The van der Waals surface area contributed by atoms with Crippen LogP contribution in [-0.2, 0) is 30.4 Å². The molecule has 9 heteroatoms. The number of hydrogen-bond acceptors (Lipinski definition) is 2. The van der Waals surface area contributed by atoms with E-state index < -0.39 is 30.1 Å². The van der Waals surface area contributed by atoms with Crippen molar-refractivity contribution in [3.63, 3.8) is 0 Å². The van der Waals surface area contributed by atoms with E-state index in [2.05, 4.69) is 13.8 Å². The predicted octanol–water partition coefficient (Wildman–Crippen LogP) is 11.1. The number of unbranched alkanes of at least 4 members (excludes halogenated alkanes) is 1. The van der Waals surface area contributed by atoms with Crippen LogP contribution < -0.4 is 4.74 Å². The number of benzene rings is 2. The Morgan fingerprint density at radius 2 is 1.85 bits per heavy atom. The first kappa shape index (κ1) is 35.8. The molecular formula is C37H46ClF4NO3. The van der Waals surface area contributed by atoms with Crippen LogP contribution in [0.2, 0.25) is 5.02 Å². The first-order valence-corrected chi connectivity index (χ1v) is 17.0. The molecular weight excluding hydrogens is 618 g/mol. The summed E-state index contributed by atoms with van der Waals surface area (Å²) < 4.78 is 64.2. The molecule has 4 rings (SSSR count). The topological polar surface area (TPSA) is 51.5 Å². The van der Waals surface area contributed by atoms with E-state index in [0.717, 1.165) is 66.8 Å². The Kier molecular flexibility index (Phi) is 12.6. The maximum Gasteiger partial charge on any atom is 0.418 e. The van der Waals surface area contributed by atoms with Crippen LogP contribution in [0.3, 0.4) is 0 Å². The zero-order valence-electron chi connectivity index (χ0n) is 27.1. The van der Waals surface area contributed by atoms with Crippen LogP contribution in [-0.4, -0.2) is 15.6 Å². The third-order valence-electron chi connectivity index (χ3n) is 9.86. The van der Waals surface area contributed by atoms with Crippen LogP contribution in [0.15, 0.2) is 42.6 Å². The van der Waals surface area contributed by atoms with Gasteiger partial charge in [0.15, 0.2) is 0 Å². The van der Waals surface area contributed by atoms with E-state index in [4.69, 9.17) is 16.3 Å². The van der Waals surface area contributed by atoms with Gasteiger partial charge in [-0.2, -0.15) is 13.2 Å². The van der Waals surface area contributed by atoms with Crippen molar-refractivity contribution in [3.8, 4) is 11.4 Å². The molecule has 1 N–H and O–H groups in total. The Labute approximate surface area is 275 Å². The fourth-order valence-corrected chi connectivity index (χ4v) is 7.01. The summed E-state index contributed by atoms with van der Waals surface area (Å²) in [5, 5.41) is 9.20. The summed E-state index contributed by atoms with van der Waals surface area (Å²) in [6.07, 6.45) is 8.28. The van der Waals surface area contributed by atoms with E-state index in [9.17, 15) is 27.5 Å². The van der Waals surface area contributed by atoms with Gasteiger partial charge >= 0.3 is 12.1 Å². The van der Waals surface area contributed by atoms with Gasteiger partial charge in [-0.3, -0.25) is 4.79 Å². The van der Waals surface area contributed by atoms with Crippen LogP contribution >= 0.6 is 11.6 Å². The maximum atomic E-state index is 14.3. The summed E-state index contributed by atoms with van der Waals surface area (Å²) in [6, 6.07) is 8.42. The largest absolute Gasteiger partial charge is 0.487 e. The van der Waals surface area contributed by atoms with E-state index >= 15 is 0 Å². The molecule has 2 aromatic carbocycles. The number of alkyl halides is 3. The van der Waals surface area contributed by atoms with E-state index in [-0.39, 0.29) is 22.8 Å². The summed E-state index contributed by atoms with van der Waals surface area (Å²) in [5.41, 5.74) is 1.92. The molecule has 0 saturated heterocycles. The number of aliphatic carboxylic acids is 1. The van der Waals surface area contributed by atoms with E-state index in [1.54, 1.807) is 6.07 Å². The highest BCUT2D eigenvalue weighted by molar-refractivity contribution is 6.30. The number of hydrogen-bond donors (Lipinski definition) is 1. The standard InChI is InChI=1S/C37H46ClF4NO3/c1-4-6-10-28(26(5-2)21-25-8-7-9-25)11-15-30-24(3)27(13-18-36(44)45)12-17-35(30)46-23-34-31(37(40,41)42)19-20-43(34)29-14-16-32(38)33(39)22-29/h12,14,16-17,19-20,22,25-26,28H,4-11,13,15,18,21,23H2,1-3H3,(H,44,45). The highest BCUT2D eigenvalue weighted by Gasteiger charge is 2.36. The normalized spacial score (nSPS) is 15.0. The molecule has 4 nitrogen and oxygen atoms in total. The van der Waals surface area contributed by atoms with Crippen molar-refractivity contribution in [2.24, 2.45) is 17.8 Å². The molecule has 0 spiro atoms. The fourth-order valence-electron chi connectivity index (χ4n) is 6.89. The number of ether oxygens (including phenoxy) is 1. The lowest BCUT2D eigenvalue weighted by atomic mass is 9.72. The molecule has 46 heavy (non-hydrogen) atoms. The van der Waals surface area contributed by atoms with Crippen molar-refractivity contribution in [1.29, 1.82) is 0 Å². The monoisotopic (exact) mass is 663 g/mol. The van der Waals surface area contributed by atoms with Crippen LogP contribution in [0.1, 0.15) is 106 Å². The Morgan fingerprint density at radius 3 is 2.46 bits per heavy atom. The molecule has 0 amide bonds. The summed E-state index contributed by atoms with van der Waals surface area (Å²) >= 11 is 5.83. The van der Waals surface area contributed by atoms with Crippen molar-refractivity contribution >= 4 is 17.6 Å². The number of rotatable bonds is 17. The van der Waals surface area contributed by atoms with Crippen LogP contribution in [0.25, 0.3) is 5.69 Å². The van der Waals surface area contributed by atoms with E-state index in [1.165, 1.54) is 48.6 Å². The average Bonchev–Trinajstić information content (AvgIpc) is 3.42. The minimum Gasteiger partial charge on any atom is -0.487 e. The second-order valence-corrected chi connectivity index (χ2v) is 13.2. The molecule has 3 aromatic rings. The first-order valence-electron chi connectivity index (χ1n) is 16.6. The van der Waals surface area contributed by atoms with Crippen LogP contribution in [0, 0.1) is 30.5 Å². The SMILES string of the molecule is CCCCC(CCc1c(OCc2c(C(F)(F)F)ccn2-c2ccc(Cl)c(F)c2)ccc(CCC(=O)O)c1C)C(CC)CC1CCC1.